The Hall–Kier alpha value is -1.55. The Labute approximate surface area is 112 Å². The standard InChI is InChI=1S/C13H17ClN2O2/c1-16(2)9-15-12(8-13(17)18-3)10-6-4-5-7-11(10)14/h4-7,9,12H,8H2,1-3H3. The molecule has 0 spiro atoms. The SMILES string of the molecule is COC(=O)CC(N=CN(C)C)c1ccccc1Cl. The summed E-state index contributed by atoms with van der Waals surface area (Å²) < 4.78 is 4.68. The van der Waals surface area contributed by atoms with Crippen molar-refractivity contribution in [3.05, 3.63) is 34.9 Å². The fourth-order valence-corrected chi connectivity index (χ4v) is 1.70. The molecule has 1 rings (SSSR count). The lowest BCUT2D eigenvalue weighted by molar-refractivity contribution is -0.141. The topological polar surface area (TPSA) is 41.9 Å². The van der Waals surface area contributed by atoms with Crippen LogP contribution in [-0.4, -0.2) is 38.4 Å². The fourth-order valence-electron chi connectivity index (χ4n) is 1.44. The molecule has 0 heterocycles. The van der Waals surface area contributed by atoms with Gasteiger partial charge in [-0.15, -0.1) is 0 Å². The largest absolute Gasteiger partial charge is 0.469 e. The van der Waals surface area contributed by atoms with Crippen LogP contribution in [0.15, 0.2) is 29.3 Å². The normalized spacial score (nSPS) is 12.4. The number of rotatable bonds is 5. The molecule has 0 radical (unpaired) electrons. The third-order valence-electron chi connectivity index (χ3n) is 2.33. The summed E-state index contributed by atoms with van der Waals surface area (Å²) in [6, 6.07) is 7.04. The van der Waals surface area contributed by atoms with Gasteiger partial charge >= 0.3 is 5.97 Å². The Balaban J connectivity index is 2.97. The molecule has 0 saturated carbocycles. The summed E-state index contributed by atoms with van der Waals surface area (Å²) in [5.74, 6) is -0.309. The predicted octanol–water partition coefficient (Wildman–Crippen LogP) is 2.53. The number of nitrogens with zero attached hydrogens (tertiary/aromatic N) is 2. The second-order valence-corrected chi connectivity index (χ2v) is 4.45. The number of esters is 1. The van der Waals surface area contributed by atoms with E-state index >= 15 is 0 Å². The highest BCUT2D eigenvalue weighted by Crippen LogP contribution is 2.28. The van der Waals surface area contributed by atoms with E-state index in [2.05, 4.69) is 9.73 Å². The second kappa shape index (κ2) is 7.01. The van der Waals surface area contributed by atoms with E-state index in [1.165, 1.54) is 7.11 Å². The molecule has 0 aliphatic heterocycles. The van der Waals surface area contributed by atoms with Crippen molar-refractivity contribution >= 4 is 23.9 Å². The van der Waals surface area contributed by atoms with Gasteiger partial charge in [-0.3, -0.25) is 9.79 Å². The van der Waals surface area contributed by atoms with Gasteiger partial charge < -0.3 is 9.64 Å². The van der Waals surface area contributed by atoms with Crippen LogP contribution in [0.1, 0.15) is 18.0 Å². The quantitative estimate of drug-likeness (QED) is 0.468. The zero-order valence-corrected chi connectivity index (χ0v) is 11.5. The molecule has 0 aromatic heterocycles. The first-order valence-corrected chi connectivity index (χ1v) is 5.93. The maximum absolute atomic E-state index is 11.4. The van der Waals surface area contributed by atoms with Crippen LogP contribution in [0.5, 0.6) is 0 Å². The minimum absolute atomic E-state index is 0.171. The first-order valence-electron chi connectivity index (χ1n) is 5.55. The average molecular weight is 269 g/mol. The van der Waals surface area contributed by atoms with Gasteiger partial charge in [0, 0.05) is 19.1 Å². The zero-order valence-electron chi connectivity index (χ0n) is 10.8. The van der Waals surface area contributed by atoms with Crippen molar-refractivity contribution in [1.29, 1.82) is 0 Å². The molecule has 98 valence electrons. The molecule has 1 aromatic rings. The number of methoxy groups -OCH3 is 1. The molecule has 0 fully saturated rings. The summed E-state index contributed by atoms with van der Waals surface area (Å²) in [5.41, 5.74) is 0.822. The molecule has 4 nitrogen and oxygen atoms in total. The second-order valence-electron chi connectivity index (χ2n) is 4.05. The number of aliphatic imine (C=N–C) groups is 1. The molecule has 1 aromatic carbocycles. The average Bonchev–Trinajstić information content (AvgIpc) is 2.34. The minimum atomic E-state index is -0.325. The van der Waals surface area contributed by atoms with E-state index < -0.39 is 0 Å². The summed E-state index contributed by atoms with van der Waals surface area (Å²) in [7, 11) is 5.10. The van der Waals surface area contributed by atoms with Crippen LogP contribution in [-0.2, 0) is 9.53 Å². The lowest BCUT2D eigenvalue weighted by atomic mass is 10.0. The summed E-state index contributed by atoms with van der Waals surface area (Å²) in [4.78, 5) is 17.6. The molecule has 0 bridgehead atoms. The van der Waals surface area contributed by atoms with E-state index in [4.69, 9.17) is 11.6 Å². The highest BCUT2D eigenvalue weighted by Gasteiger charge is 2.17. The van der Waals surface area contributed by atoms with Crippen molar-refractivity contribution in [2.24, 2.45) is 4.99 Å². The van der Waals surface area contributed by atoms with E-state index in [-0.39, 0.29) is 18.4 Å². The Kier molecular flexibility index (Phi) is 5.65. The number of carbonyl (C=O) groups is 1. The molecule has 0 N–H and O–H groups in total. The van der Waals surface area contributed by atoms with E-state index in [0.29, 0.717) is 5.02 Å². The summed E-state index contributed by atoms with van der Waals surface area (Å²) in [6.45, 7) is 0. The number of ether oxygens (including phenoxy) is 1. The van der Waals surface area contributed by atoms with Crippen LogP contribution in [0.25, 0.3) is 0 Å². The molecular formula is C13H17ClN2O2. The number of hydrogen-bond acceptors (Lipinski definition) is 3. The van der Waals surface area contributed by atoms with Gasteiger partial charge in [-0.2, -0.15) is 0 Å². The molecule has 5 heteroatoms. The van der Waals surface area contributed by atoms with E-state index in [9.17, 15) is 4.79 Å². The van der Waals surface area contributed by atoms with E-state index in [1.54, 1.807) is 17.3 Å². The molecule has 0 amide bonds. The van der Waals surface area contributed by atoms with Gasteiger partial charge in [0.1, 0.15) is 0 Å². The Bertz CT molecular complexity index is 433. The van der Waals surface area contributed by atoms with Crippen LogP contribution < -0.4 is 0 Å². The predicted molar refractivity (Wildman–Crippen MR) is 73.0 cm³/mol. The van der Waals surface area contributed by atoms with Gasteiger partial charge in [0.15, 0.2) is 0 Å². The van der Waals surface area contributed by atoms with Gasteiger partial charge in [0.05, 0.1) is 25.9 Å². The molecule has 1 unspecified atom stereocenters. The molecule has 0 aliphatic carbocycles. The fraction of sp³-hybridized carbons (Fsp3) is 0.385. The van der Waals surface area contributed by atoms with Gasteiger partial charge in [0.2, 0.25) is 0 Å². The summed E-state index contributed by atoms with van der Waals surface area (Å²) >= 11 is 6.12. The third kappa shape index (κ3) is 4.37. The number of halogens is 1. The number of carbonyl (C=O) groups excluding carboxylic acids is 1. The Morgan fingerprint density at radius 1 is 1.50 bits per heavy atom. The zero-order chi connectivity index (χ0) is 13.5. The van der Waals surface area contributed by atoms with Gasteiger partial charge in [-0.1, -0.05) is 29.8 Å². The molecule has 1 atom stereocenters. The third-order valence-corrected chi connectivity index (χ3v) is 2.67. The van der Waals surface area contributed by atoms with E-state index in [1.807, 2.05) is 32.3 Å². The maximum atomic E-state index is 11.4. The van der Waals surface area contributed by atoms with Crippen molar-refractivity contribution in [2.45, 2.75) is 12.5 Å². The maximum Gasteiger partial charge on any atom is 0.308 e. The highest BCUT2D eigenvalue weighted by atomic mass is 35.5. The van der Waals surface area contributed by atoms with Crippen molar-refractivity contribution in [3.8, 4) is 0 Å². The van der Waals surface area contributed by atoms with Crippen molar-refractivity contribution in [1.82, 2.24) is 4.90 Å². The molecule has 0 saturated heterocycles. The van der Waals surface area contributed by atoms with Crippen LogP contribution in [0.4, 0.5) is 0 Å². The summed E-state index contributed by atoms with van der Waals surface area (Å²) in [6.07, 6.45) is 1.83. The smallest absolute Gasteiger partial charge is 0.308 e. The first kappa shape index (κ1) is 14.5. The Morgan fingerprint density at radius 2 is 2.17 bits per heavy atom. The van der Waals surface area contributed by atoms with Crippen molar-refractivity contribution in [3.63, 3.8) is 0 Å². The lowest BCUT2D eigenvalue weighted by Crippen LogP contribution is -2.12. The van der Waals surface area contributed by atoms with Crippen LogP contribution >= 0.6 is 11.6 Å². The first-order chi connectivity index (χ1) is 8.54. The van der Waals surface area contributed by atoms with Gasteiger partial charge in [-0.05, 0) is 11.6 Å². The molecule has 0 aliphatic rings. The monoisotopic (exact) mass is 268 g/mol. The highest BCUT2D eigenvalue weighted by molar-refractivity contribution is 6.31. The molecular weight excluding hydrogens is 252 g/mol. The minimum Gasteiger partial charge on any atom is -0.469 e. The number of hydrogen-bond donors (Lipinski definition) is 0. The lowest BCUT2D eigenvalue weighted by Gasteiger charge is -2.14. The van der Waals surface area contributed by atoms with Crippen LogP contribution in [0, 0.1) is 0 Å². The van der Waals surface area contributed by atoms with Crippen LogP contribution in [0.2, 0.25) is 5.02 Å². The summed E-state index contributed by atoms with van der Waals surface area (Å²) in [5, 5.41) is 0.599. The van der Waals surface area contributed by atoms with Gasteiger partial charge in [0.25, 0.3) is 0 Å². The van der Waals surface area contributed by atoms with Crippen molar-refractivity contribution < 1.29 is 9.53 Å². The van der Waals surface area contributed by atoms with Gasteiger partial charge in [-0.25, -0.2) is 0 Å². The Morgan fingerprint density at radius 3 is 2.72 bits per heavy atom. The van der Waals surface area contributed by atoms with E-state index in [0.717, 1.165) is 5.56 Å². The van der Waals surface area contributed by atoms with Crippen LogP contribution in [0.3, 0.4) is 0 Å². The number of benzene rings is 1. The van der Waals surface area contributed by atoms with Crippen molar-refractivity contribution in [2.75, 3.05) is 21.2 Å². The molecule has 18 heavy (non-hydrogen) atoms.